The molecule has 0 fully saturated rings. The van der Waals surface area contributed by atoms with Crippen LogP contribution in [0.1, 0.15) is 25.0 Å². The van der Waals surface area contributed by atoms with Gasteiger partial charge in [0.15, 0.2) is 0 Å². The average molecular weight is 281 g/mol. The zero-order valence-electron chi connectivity index (χ0n) is 11.4. The Morgan fingerprint density at radius 2 is 2.11 bits per heavy atom. The summed E-state index contributed by atoms with van der Waals surface area (Å²) in [7, 11) is -3.53. The van der Waals surface area contributed by atoms with Crippen LogP contribution in [0.5, 0.6) is 0 Å². The molecule has 0 bridgehead atoms. The Hall–Kier alpha value is -1.42. The highest BCUT2D eigenvalue weighted by Gasteiger charge is 2.17. The van der Waals surface area contributed by atoms with Crippen molar-refractivity contribution in [1.82, 2.24) is 10.0 Å². The first kappa shape index (κ1) is 15.6. The first-order chi connectivity index (χ1) is 8.90. The van der Waals surface area contributed by atoms with Gasteiger partial charge >= 0.3 is 0 Å². The molecule has 0 unspecified atom stereocenters. The van der Waals surface area contributed by atoms with Crippen LogP contribution in [0.4, 0.5) is 0 Å². The van der Waals surface area contributed by atoms with Crippen molar-refractivity contribution in [2.24, 2.45) is 0 Å². The van der Waals surface area contributed by atoms with Crippen molar-refractivity contribution in [3.8, 4) is 6.07 Å². The van der Waals surface area contributed by atoms with E-state index in [1.807, 2.05) is 19.9 Å². The van der Waals surface area contributed by atoms with Crippen molar-refractivity contribution in [2.45, 2.75) is 31.7 Å². The highest BCUT2D eigenvalue weighted by Crippen LogP contribution is 2.16. The van der Waals surface area contributed by atoms with Gasteiger partial charge in [-0.1, -0.05) is 6.92 Å². The van der Waals surface area contributed by atoms with Crippen LogP contribution in [-0.4, -0.2) is 27.5 Å². The standard InChI is InChI=1S/C13H19N3O2S/c1-4-15-11(3)9-16-19(17,18)13-6-5-12(8-14)7-10(13)2/h5-7,11,15-16H,4,9H2,1-3H3/t11-/m1/s1. The highest BCUT2D eigenvalue weighted by atomic mass is 32.2. The molecule has 0 aliphatic rings. The van der Waals surface area contributed by atoms with E-state index in [9.17, 15) is 8.42 Å². The Labute approximate surface area is 114 Å². The van der Waals surface area contributed by atoms with Crippen molar-refractivity contribution in [3.05, 3.63) is 29.3 Å². The van der Waals surface area contributed by atoms with Gasteiger partial charge in [-0.3, -0.25) is 0 Å². The van der Waals surface area contributed by atoms with Crippen LogP contribution in [0.25, 0.3) is 0 Å². The number of benzene rings is 1. The van der Waals surface area contributed by atoms with Gasteiger partial charge in [-0.05, 0) is 44.2 Å². The van der Waals surface area contributed by atoms with Gasteiger partial charge in [0.05, 0.1) is 16.5 Å². The number of likely N-dealkylation sites (N-methyl/N-ethyl adjacent to an activating group) is 1. The first-order valence-corrected chi connectivity index (χ1v) is 7.62. The molecule has 2 N–H and O–H groups in total. The molecular weight excluding hydrogens is 262 g/mol. The molecule has 0 saturated heterocycles. The molecule has 0 amide bonds. The van der Waals surface area contributed by atoms with Gasteiger partial charge in [0.1, 0.15) is 0 Å². The third kappa shape index (κ3) is 4.31. The zero-order valence-corrected chi connectivity index (χ0v) is 12.2. The molecule has 5 nitrogen and oxygen atoms in total. The topological polar surface area (TPSA) is 82.0 Å². The predicted molar refractivity (Wildman–Crippen MR) is 74.2 cm³/mol. The molecule has 19 heavy (non-hydrogen) atoms. The van der Waals surface area contributed by atoms with E-state index in [0.29, 0.717) is 17.7 Å². The molecule has 1 aromatic carbocycles. The van der Waals surface area contributed by atoms with Crippen molar-refractivity contribution < 1.29 is 8.42 Å². The summed E-state index contributed by atoms with van der Waals surface area (Å²) in [6, 6.07) is 6.60. The van der Waals surface area contributed by atoms with Crippen molar-refractivity contribution in [2.75, 3.05) is 13.1 Å². The summed E-state index contributed by atoms with van der Waals surface area (Å²) in [5.74, 6) is 0. The normalized spacial score (nSPS) is 12.9. The van der Waals surface area contributed by atoms with Crippen molar-refractivity contribution in [1.29, 1.82) is 5.26 Å². The Morgan fingerprint density at radius 1 is 1.42 bits per heavy atom. The number of sulfonamides is 1. The average Bonchev–Trinajstić information content (AvgIpc) is 2.36. The van der Waals surface area contributed by atoms with E-state index in [4.69, 9.17) is 5.26 Å². The lowest BCUT2D eigenvalue weighted by Gasteiger charge is -2.14. The van der Waals surface area contributed by atoms with Gasteiger partial charge in [-0.15, -0.1) is 0 Å². The highest BCUT2D eigenvalue weighted by molar-refractivity contribution is 7.89. The molecule has 6 heteroatoms. The third-order valence-electron chi connectivity index (χ3n) is 2.73. The molecular formula is C13H19N3O2S. The van der Waals surface area contributed by atoms with E-state index < -0.39 is 10.0 Å². The number of hydrogen-bond donors (Lipinski definition) is 2. The number of aryl methyl sites for hydroxylation is 1. The monoisotopic (exact) mass is 281 g/mol. The molecule has 1 atom stereocenters. The smallest absolute Gasteiger partial charge is 0.240 e. The van der Waals surface area contributed by atoms with E-state index >= 15 is 0 Å². The predicted octanol–water partition coefficient (Wildman–Crippen LogP) is 1.14. The van der Waals surface area contributed by atoms with Crippen LogP contribution >= 0.6 is 0 Å². The van der Waals surface area contributed by atoms with Crippen LogP contribution in [0, 0.1) is 18.3 Å². The summed E-state index contributed by atoms with van der Waals surface area (Å²) in [6.07, 6.45) is 0. The summed E-state index contributed by atoms with van der Waals surface area (Å²) in [6.45, 7) is 6.69. The van der Waals surface area contributed by atoms with Crippen molar-refractivity contribution in [3.63, 3.8) is 0 Å². The molecule has 0 aromatic heterocycles. The second kappa shape index (κ2) is 6.66. The molecule has 0 saturated carbocycles. The minimum atomic E-state index is -3.53. The summed E-state index contributed by atoms with van der Waals surface area (Å²) in [5, 5.41) is 11.9. The quantitative estimate of drug-likeness (QED) is 0.819. The zero-order chi connectivity index (χ0) is 14.5. The number of hydrogen-bond acceptors (Lipinski definition) is 4. The Balaban J connectivity index is 2.86. The lowest BCUT2D eigenvalue weighted by molar-refractivity contribution is 0.536. The van der Waals surface area contributed by atoms with Crippen LogP contribution in [0.3, 0.4) is 0 Å². The summed E-state index contributed by atoms with van der Waals surface area (Å²) >= 11 is 0. The van der Waals surface area contributed by atoms with E-state index in [1.54, 1.807) is 13.0 Å². The minimum absolute atomic E-state index is 0.0680. The fourth-order valence-electron chi connectivity index (χ4n) is 1.75. The van der Waals surface area contributed by atoms with Gasteiger partial charge in [-0.25, -0.2) is 13.1 Å². The summed E-state index contributed by atoms with van der Waals surface area (Å²) < 4.78 is 26.8. The molecule has 1 aromatic rings. The molecule has 0 aliphatic heterocycles. The Morgan fingerprint density at radius 3 is 2.63 bits per heavy atom. The van der Waals surface area contributed by atoms with E-state index in [-0.39, 0.29) is 10.9 Å². The Bertz CT molecular complexity index is 576. The second-order valence-corrected chi connectivity index (χ2v) is 6.14. The molecule has 0 heterocycles. The third-order valence-corrected chi connectivity index (χ3v) is 4.31. The maximum absolute atomic E-state index is 12.1. The number of nitriles is 1. The maximum atomic E-state index is 12.1. The first-order valence-electron chi connectivity index (χ1n) is 6.14. The lowest BCUT2D eigenvalue weighted by Crippen LogP contribution is -2.38. The SMILES string of the molecule is CCN[C@H](C)CNS(=O)(=O)c1ccc(C#N)cc1C. The number of rotatable bonds is 6. The molecule has 0 radical (unpaired) electrons. The van der Waals surface area contributed by atoms with Crippen molar-refractivity contribution >= 4 is 10.0 Å². The van der Waals surface area contributed by atoms with Crippen LogP contribution in [-0.2, 0) is 10.0 Å². The molecule has 1 rings (SSSR count). The molecule has 104 valence electrons. The van der Waals surface area contributed by atoms with Crippen LogP contribution in [0.15, 0.2) is 23.1 Å². The summed E-state index contributed by atoms with van der Waals surface area (Å²) in [5.41, 5.74) is 1.03. The lowest BCUT2D eigenvalue weighted by atomic mass is 10.2. The molecule has 0 aliphatic carbocycles. The second-order valence-electron chi connectivity index (χ2n) is 4.40. The fraction of sp³-hybridized carbons (Fsp3) is 0.462. The summed E-state index contributed by atoms with van der Waals surface area (Å²) in [4.78, 5) is 0.218. The van der Waals surface area contributed by atoms with Gasteiger partial charge in [-0.2, -0.15) is 5.26 Å². The minimum Gasteiger partial charge on any atom is -0.313 e. The van der Waals surface area contributed by atoms with Crippen LogP contribution in [0.2, 0.25) is 0 Å². The van der Waals surface area contributed by atoms with Gasteiger partial charge < -0.3 is 5.32 Å². The van der Waals surface area contributed by atoms with Gasteiger partial charge in [0, 0.05) is 12.6 Å². The van der Waals surface area contributed by atoms with E-state index in [2.05, 4.69) is 10.0 Å². The number of nitrogens with zero attached hydrogens (tertiary/aromatic N) is 1. The Kier molecular flexibility index (Phi) is 5.48. The maximum Gasteiger partial charge on any atom is 0.240 e. The largest absolute Gasteiger partial charge is 0.313 e. The molecule has 0 spiro atoms. The van der Waals surface area contributed by atoms with Crippen LogP contribution < -0.4 is 10.0 Å². The van der Waals surface area contributed by atoms with Gasteiger partial charge in [0.25, 0.3) is 0 Å². The van der Waals surface area contributed by atoms with E-state index in [1.165, 1.54) is 12.1 Å². The van der Waals surface area contributed by atoms with E-state index in [0.717, 1.165) is 6.54 Å². The number of nitrogens with one attached hydrogen (secondary N) is 2. The van der Waals surface area contributed by atoms with Gasteiger partial charge in [0.2, 0.25) is 10.0 Å². The fourth-order valence-corrected chi connectivity index (χ4v) is 3.11.